The SMILES string of the molecule is Cc1cc2[nH]c3c(=O)[nH]cnc3c2cc1Br. The Kier molecular flexibility index (Phi) is 1.91. The Balaban J connectivity index is 2.61. The van der Waals surface area contributed by atoms with Gasteiger partial charge < -0.3 is 9.97 Å². The number of nitrogens with zero attached hydrogens (tertiary/aromatic N) is 1. The lowest BCUT2D eigenvalue weighted by molar-refractivity contribution is 1.17. The Morgan fingerprint density at radius 2 is 2.19 bits per heavy atom. The van der Waals surface area contributed by atoms with E-state index in [-0.39, 0.29) is 5.56 Å². The predicted molar refractivity (Wildman–Crippen MR) is 66.7 cm³/mol. The van der Waals surface area contributed by atoms with Gasteiger partial charge in [-0.2, -0.15) is 0 Å². The van der Waals surface area contributed by atoms with Crippen LogP contribution in [0.2, 0.25) is 0 Å². The summed E-state index contributed by atoms with van der Waals surface area (Å²) in [6.45, 7) is 2.01. The minimum Gasteiger partial charge on any atom is -0.349 e. The van der Waals surface area contributed by atoms with E-state index in [0.29, 0.717) is 11.0 Å². The van der Waals surface area contributed by atoms with Gasteiger partial charge in [-0.3, -0.25) is 4.79 Å². The summed E-state index contributed by atoms with van der Waals surface area (Å²) in [7, 11) is 0. The molecule has 0 aliphatic heterocycles. The molecule has 0 spiro atoms. The van der Waals surface area contributed by atoms with E-state index in [9.17, 15) is 4.79 Å². The zero-order chi connectivity index (χ0) is 11.3. The van der Waals surface area contributed by atoms with Gasteiger partial charge in [-0.15, -0.1) is 0 Å². The van der Waals surface area contributed by atoms with Gasteiger partial charge in [-0.25, -0.2) is 4.98 Å². The Labute approximate surface area is 98.8 Å². The molecule has 2 N–H and O–H groups in total. The van der Waals surface area contributed by atoms with Crippen molar-refractivity contribution in [1.29, 1.82) is 0 Å². The lowest BCUT2D eigenvalue weighted by atomic mass is 10.2. The van der Waals surface area contributed by atoms with Gasteiger partial charge in [0.05, 0.1) is 6.33 Å². The van der Waals surface area contributed by atoms with E-state index in [2.05, 4.69) is 30.9 Å². The number of aromatic amines is 2. The average Bonchev–Trinajstić information content (AvgIpc) is 2.59. The molecule has 0 unspecified atom stereocenters. The second kappa shape index (κ2) is 3.18. The fourth-order valence-corrected chi connectivity index (χ4v) is 2.18. The average molecular weight is 278 g/mol. The van der Waals surface area contributed by atoms with Crippen LogP contribution in [0.4, 0.5) is 0 Å². The monoisotopic (exact) mass is 277 g/mol. The molecule has 0 aliphatic rings. The first kappa shape index (κ1) is 9.59. The molecule has 0 fully saturated rings. The molecule has 2 heterocycles. The fourth-order valence-electron chi connectivity index (χ4n) is 1.84. The highest BCUT2D eigenvalue weighted by atomic mass is 79.9. The first-order valence-corrected chi connectivity index (χ1v) is 5.61. The van der Waals surface area contributed by atoms with Crippen LogP contribution in [0.5, 0.6) is 0 Å². The van der Waals surface area contributed by atoms with E-state index < -0.39 is 0 Å². The zero-order valence-corrected chi connectivity index (χ0v) is 10.1. The smallest absolute Gasteiger partial charge is 0.275 e. The van der Waals surface area contributed by atoms with Crippen molar-refractivity contribution < 1.29 is 0 Å². The zero-order valence-electron chi connectivity index (χ0n) is 8.47. The van der Waals surface area contributed by atoms with Gasteiger partial charge in [0.1, 0.15) is 11.0 Å². The molecule has 0 bridgehead atoms. The van der Waals surface area contributed by atoms with Gasteiger partial charge in [-0.1, -0.05) is 15.9 Å². The van der Waals surface area contributed by atoms with Crippen molar-refractivity contribution in [1.82, 2.24) is 15.0 Å². The number of fused-ring (bicyclic) bond motifs is 3. The normalized spacial score (nSPS) is 11.4. The van der Waals surface area contributed by atoms with Crippen LogP contribution in [-0.2, 0) is 0 Å². The molecule has 3 aromatic rings. The number of hydrogen-bond acceptors (Lipinski definition) is 2. The number of rotatable bonds is 0. The summed E-state index contributed by atoms with van der Waals surface area (Å²) in [5.74, 6) is 0. The summed E-state index contributed by atoms with van der Waals surface area (Å²) in [5.41, 5.74) is 3.14. The van der Waals surface area contributed by atoms with Gasteiger partial charge in [0.2, 0.25) is 0 Å². The molecule has 1 aromatic carbocycles. The lowest BCUT2D eigenvalue weighted by Gasteiger charge is -1.97. The topological polar surface area (TPSA) is 61.5 Å². The van der Waals surface area contributed by atoms with E-state index in [4.69, 9.17) is 0 Å². The molecule has 0 saturated carbocycles. The maximum Gasteiger partial charge on any atom is 0.275 e. The van der Waals surface area contributed by atoms with Gasteiger partial charge in [0, 0.05) is 15.4 Å². The largest absolute Gasteiger partial charge is 0.349 e. The highest BCUT2D eigenvalue weighted by Crippen LogP contribution is 2.27. The number of benzene rings is 1. The second-order valence-electron chi connectivity index (χ2n) is 3.73. The number of hydrogen-bond donors (Lipinski definition) is 2. The summed E-state index contributed by atoms with van der Waals surface area (Å²) in [4.78, 5) is 21.4. The molecular weight excluding hydrogens is 270 g/mol. The summed E-state index contributed by atoms with van der Waals surface area (Å²) in [6, 6.07) is 3.98. The molecule has 16 heavy (non-hydrogen) atoms. The molecule has 80 valence electrons. The number of nitrogens with one attached hydrogen (secondary N) is 2. The third-order valence-corrected chi connectivity index (χ3v) is 3.52. The van der Waals surface area contributed by atoms with Crippen LogP contribution in [0.3, 0.4) is 0 Å². The van der Waals surface area contributed by atoms with Crippen molar-refractivity contribution in [3.05, 3.63) is 38.9 Å². The quantitative estimate of drug-likeness (QED) is 0.663. The molecule has 4 nitrogen and oxygen atoms in total. The Morgan fingerprint density at radius 3 is 3.00 bits per heavy atom. The van der Waals surface area contributed by atoms with Crippen molar-refractivity contribution >= 4 is 37.9 Å². The van der Waals surface area contributed by atoms with Gasteiger partial charge in [-0.05, 0) is 24.6 Å². The highest BCUT2D eigenvalue weighted by Gasteiger charge is 2.09. The highest BCUT2D eigenvalue weighted by molar-refractivity contribution is 9.10. The van der Waals surface area contributed by atoms with E-state index in [1.165, 1.54) is 6.33 Å². The predicted octanol–water partition coefficient (Wildman–Crippen LogP) is 2.48. The van der Waals surface area contributed by atoms with Crippen LogP contribution >= 0.6 is 15.9 Å². The minimum absolute atomic E-state index is 0.144. The van der Waals surface area contributed by atoms with Crippen molar-refractivity contribution in [3.63, 3.8) is 0 Å². The minimum atomic E-state index is -0.144. The Hall–Kier alpha value is -1.62. The van der Waals surface area contributed by atoms with Crippen LogP contribution in [0.1, 0.15) is 5.56 Å². The third-order valence-electron chi connectivity index (χ3n) is 2.67. The van der Waals surface area contributed by atoms with E-state index >= 15 is 0 Å². The Bertz CT molecular complexity index is 757. The first-order chi connectivity index (χ1) is 7.66. The molecule has 0 amide bonds. The van der Waals surface area contributed by atoms with Crippen LogP contribution in [0, 0.1) is 6.92 Å². The number of aromatic nitrogens is 3. The maximum absolute atomic E-state index is 11.6. The van der Waals surface area contributed by atoms with Crippen LogP contribution < -0.4 is 5.56 Å². The van der Waals surface area contributed by atoms with Crippen molar-refractivity contribution in [3.8, 4) is 0 Å². The molecule has 0 atom stereocenters. The van der Waals surface area contributed by atoms with E-state index in [0.717, 1.165) is 20.9 Å². The Morgan fingerprint density at radius 1 is 1.38 bits per heavy atom. The number of H-pyrrole nitrogens is 2. The van der Waals surface area contributed by atoms with E-state index in [1.54, 1.807) is 0 Å². The van der Waals surface area contributed by atoms with Crippen LogP contribution in [0.25, 0.3) is 21.9 Å². The molecular formula is C11H8BrN3O. The fraction of sp³-hybridized carbons (Fsp3) is 0.0909. The molecule has 0 radical (unpaired) electrons. The number of aryl methyl sites for hydroxylation is 1. The third kappa shape index (κ3) is 1.21. The number of halogens is 1. The van der Waals surface area contributed by atoms with Crippen molar-refractivity contribution in [2.45, 2.75) is 6.92 Å². The molecule has 0 saturated heterocycles. The van der Waals surface area contributed by atoms with Gasteiger partial charge in [0.15, 0.2) is 0 Å². The summed E-state index contributed by atoms with van der Waals surface area (Å²) >= 11 is 3.48. The van der Waals surface area contributed by atoms with Gasteiger partial charge in [0.25, 0.3) is 5.56 Å². The first-order valence-electron chi connectivity index (χ1n) is 4.82. The second-order valence-corrected chi connectivity index (χ2v) is 4.58. The van der Waals surface area contributed by atoms with Crippen LogP contribution in [0.15, 0.2) is 27.7 Å². The van der Waals surface area contributed by atoms with Gasteiger partial charge >= 0.3 is 0 Å². The van der Waals surface area contributed by atoms with Crippen LogP contribution in [-0.4, -0.2) is 15.0 Å². The van der Waals surface area contributed by atoms with Crippen molar-refractivity contribution in [2.24, 2.45) is 0 Å². The molecule has 0 aliphatic carbocycles. The molecule has 3 rings (SSSR count). The van der Waals surface area contributed by atoms with E-state index in [1.807, 2.05) is 19.1 Å². The summed E-state index contributed by atoms with van der Waals surface area (Å²) in [5, 5.41) is 0.957. The molecule has 5 heteroatoms. The maximum atomic E-state index is 11.6. The lowest BCUT2D eigenvalue weighted by Crippen LogP contribution is -2.05. The van der Waals surface area contributed by atoms with Crippen molar-refractivity contribution in [2.75, 3.05) is 0 Å². The summed E-state index contributed by atoms with van der Waals surface area (Å²) in [6.07, 6.45) is 1.42. The summed E-state index contributed by atoms with van der Waals surface area (Å²) < 4.78 is 1.02. The molecule has 2 aromatic heterocycles. The standard InChI is InChI=1S/C11H8BrN3O/c1-5-2-8-6(3-7(5)12)9-10(15-8)11(16)14-4-13-9/h2-4,15H,1H3,(H,13,14,16).